The molecule has 4 aromatic rings. The molecule has 4 rings (SSSR count). The molecule has 0 atom stereocenters. The largest absolute Gasteiger partial charge is 0.493 e. The number of ether oxygens (including phenoxy) is 2. The van der Waals surface area contributed by atoms with E-state index < -0.39 is 0 Å². The van der Waals surface area contributed by atoms with Crippen molar-refractivity contribution in [3.8, 4) is 11.5 Å². The highest BCUT2D eigenvalue weighted by molar-refractivity contribution is 5.83. The maximum atomic E-state index is 12.1. The fourth-order valence-electron chi connectivity index (χ4n) is 3.21. The number of amides is 1. The Morgan fingerprint density at radius 3 is 2.69 bits per heavy atom. The first-order valence-electron chi connectivity index (χ1n) is 10.3. The lowest BCUT2D eigenvalue weighted by molar-refractivity contribution is -0.121. The fraction of sp³-hybridized carbons (Fsp3) is 0.160. The molecular weight excluding hydrogens is 404 g/mol. The minimum atomic E-state index is -0.184. The van der Waals surface area contributed by atoms with Crippen LogP contribution < -0.4 is 14.9 Å². The second-order valence-electron chi connectivity index (χ2n) is 7.18. The first kappa shape index (κ1) is 21.1. The first-order chi connectivity index (χ1) is 15.7. The Morgan fingerprint density at radius 2 is 1.88 bits per heavy atom. The molecule has 0 spiro atoms. The Kier molecular flexibility index (Phi) is 6.77. The lowest BCUT2D eigenvalue weighted by atomic mass is 10.2. The van der Waals surface area contributed by atoms with Crippen LogP contribution in [0.1, 0.15) is 23.4 Å². The SMILES string of the molecule is COc1cc(/C=N\NC(=O)CCc2nc3ccccc3[nH]2)ccc1OCc1ccccc1. The van der Waals surface area contributed by atoms with Gasteiger partial charge in [-0.25, -0.2) is 10.4 Å². The maximum absolute atomic E-state index is 12.1. The molecule has 2 N–H and O–H groups in total. The van der Waals surface area contributed by atoms with E-state index in [1.54, 1.807) is 13.3 Å². The van der Waals surface area contributed by atoms with Crippen molar-refractivity contribution < 1.29 is 14.3 Å². The number of nitrogens with one attached hydrogen (secondary N) is 2. The van der Waals surface area contributed by atoms with Crippen LogP contribution in [-0.2, 0) is 17.8 Å². The van der Waals surface area contributed by atoms with E-state index in [9.17, 15) is 4.79 Å². The van der Waals surface area contributed by atoms with Crippen molar-refractivity contribution in [1.29, 1.82) is 0 Å². The average Bonchev–Trinajstić information content (AvgIpc) is 3.25. The van der Waals surface area contributed by atoms with E-state index in [1.807, 2.05) is 72.8 Å². The fourth-order valence-corrected chi connectivity index (χ4v) is 3.21. The molecule has 7 heteroatoms. The molecule has 0 fully saturated rings. The highest BCUT2D eigenvalue weighted by Gasteiger charge is 2.07. The molecule has 162 valence electrons. The molecule has 0 saturated heterocycles. The van der Waals surface area contributed by atoms with Gasteiger partial charge in [-0.3, -0.25) is 4.79 Å². The van der Waals surface area contributed by atoms with Crippen LogP contribution in [0.25, 0.3) is 11.0 Å². The van der Waals surface area contributed by atoms with Gasteiger partial charge in [0.25, 0.3) is 0 Å². The second-order valence-corrected chi connectivity index (χ2v) is 7.18. The van der Waals surface area contributed by atoms with Gasteiger partial charge in [-0.05, 0) is 41.5 Å². The number of rotatable bonds is 9. The van der Waals surface area contributed by atoms with E-state index in [1.165, 1.54) is 0 Å². The summed E-state index contributed by atoms with van der Waals surface area (Å²) in [5.41, 5.74) is 6.27. The summed E-state index contributed by atoms with van der Waals surface area (Å²) in [6.45, 7) is 0.450. The summed E-state index contributed by atoms with van der Waals surface area (Å²) in [6, 6.07) is 23.2. The molecule has 3 aromatic carbocycles. The zero-order chi connectivity index (χ0) is 22.2. The smallest absolute Gasteiger partial charge is 0.240 e. The highest BCUT2D eigenvalue weighted by Crippen LogP contribution is 2.28. The van der Waals surface area contributed by atoms with Crippen molar-refractivity contribution >= 4 is 23.2 Å². The van der Waals surface area contributed by atoms with Gasteiger partial charge in [-0.1, -0.05) is 42.5 Å². The zero-order valence-corrected chi connectivity index (χ0v) is 17.7. The Hall–Kier alpha value is -4.13. The Balaban J connectivity index is 1.28. The molecule has 0 aliphatic carbocycles. The van der Waals surface area contributed by atoms with E-state index in [0.29, 0.717) is 24.5 Å². The molecule has 0 unspecified atom stereocenters. The van der Waals surface area contributed by atoms with Gasteiger partial charge in [0.05, 0.1) is 24.4 Å². The number of carbonyl (C=O) groups is 1. The predicted molar refractivity (Wildman–Crippen MR) is 124 cm³/mol. The summed E-state index contributed by atoms with van der Waals surface area (Å²) in [7, 11) is 1.59. The van der Waals surface area contributed by atoms with Crippen LogP contribution in [0.2, 0.25) is 0 Å². The Bertz CT molecular complexity index is 1190. The lowest BCUT2D eigenvalue weighted by Crippen LogP contribution is -2.18. The molecule has 0 saturated carbocycles. The molecule has 1 heterocycles. The number of methoxy groups -OCH3 is 1. The topological polar surface area (TPSA) is 88.6 Å². The van der Waals surface area contributed by atoms with Crippen molar-refractivity contribution in [1.82, 2.24) is 15.4 Å². The molecular formula is C25H24N4O3. The molecule has 0 radical (unpaired) electrons. The number of aromatic amines is 1. The van der Waals surface area contributed by atoms with Crippen molar-refractivity contribution in [2.45, 2.75) is 19.4 Å². The lowest BCUT2D eigenvalue weighted by Gasteiger charge is -2.11. The van der Waals surface area contributed by atoms with Gasteiger partial charge < -0.3 is 14.5 Å². The van der Waals surface area contributed by atoms with Gasteiger partial charge in [-0.2, -0.15) is 5.10 Å². The maximum Gasteiger partial charge on any atom is 0.240 e. The Labute approximate surface area is 186 Å². The van der Waals surface area contributed by atoms with Gasteiger partial charge in [0.1, 0.15) is 12.4 Å². The number of hydrogen-bond donors (Lipinski definition) is 2. The van der Waals surface area contributed by atoms with Gasteiger partial charge in [0.2, 0.25) is 5.91 Å². The average molecular weight is 428 g/mol. The van der Waals surface area contributed by atoms with E-state index in [-0.39, 0.29) is 12.3 Å². The number of nitrogens with zero attached hydrogens (tertiary/aromatic N) is 2. The number of fused-ring (bicyclic) bond motifs is 1. The summed E-state index contributed by atoms with van der Waals surface area (Å²) in [5.74, 6) is 1.84. The summed E-state index contributed by atoms with van der Waals surface area (Å²) in [4.78, 5) is 19.8. The summed E-state index contributed by atoms with van der Waals surface area (Å²) in [6.07, 6.45) is 2.37. The van der Waals surface area contributed by atoms with Crippen LogP contribution in [0, 0.1) is 0 Å². The van der Waals surface area contributed by atoms with Crippen LogP contribution >= 0.6 is 0 Å². The molecule has 0 aliphatic rings. The molecule has 0 aliphatic heterocycles. The van der Waals surface area contributed by atoms with Crippen molar-refractivity contribution in [3.63, 3.8) is 0 Å². The molecule has 1 amide bonds. The Morgan fingerprint density at radius 1 is 1.06 bits per heavy atom. The minimum absolute atomic E-state index is 0.184. The summed E-state index contributed by atoms with van der Waals surface area (Å²) >= 11 is 0. The monoisotopic (exact) mass is 428 g/mol. The number of aryl methyl sites for hydroxylation is 1. The van der Waals surface area contributed by atoms with Gasteiger partial charge >= 0.3 is 0 Å². The van der Waals surface area contributed by atoms with Crippen molar-refractivity contribution in [3.05, 3.63) is 89.7 Å². The van der Waals surface area contributed by atoms with Crippen LogP contribution in [0.5, 0.6) is 11.5 Å². The van der Waals surface area contributed by atoms with Crippen molar-refractivity contribution in [2.24, 2.45) is 5.10 Å². The number of benzene rings is 3. The number of para-hydroxylation sites is 2. The van der Waals surface area contributed by atoms with Gasteiger partial charge in [-0.15, -0.1) is 0 Å². The van der Waals surface area contributed by atoms with Crippen LogP contribution in [0.15, 0.2) is 77.9 Å². The number of H-pyrrole nitrogens is 1. The number of hydrazone groups is 1. The number of imidazole rings is 1. The minimum Gasteiger partial charge on any atom is -0.493 e. The van der Waals surface area contributed by atoms with Crippen LogP contribution in [0.4, 0.5) is 0 Å². The third-order valence-electron chi connectivity index (χ3n) is 4.86. The summed E-state index contributed by atoms with van der Waals surface area (Å²) in [5, 5.41) is 4.04. The first-order valence-corrected chi connectivity index (χ1v) is 10.3. The second kappa shape index (κ2) is 10.3. The normalized spacial score (nSPS) is 11.0. The third-order valence-corrected chi connectivity index (χ3v) is 4.86. The standard InChI is InChI=1S/C25H24N4O3/c1-31-23-15-19(11-12-22(23)32-17-18-7-3-2-4-8-18)16-26-29-25(30)14-13-24-27-20-9-5-6-10-21(20)28-24/h2-12,15-16H,13-14,17H2,1H3,(H,27,28)(H,29,30)/b26-16-. The van der Waals surface area contributed by atoms with Crippen LogP contribution in [0.3, 0.4) is 0 Å². The van der Waals surface area contributed by atoms with E-state index in [2.05, 4.69) is 20.5 Å². The van der Waals surface area contributed by atoms with E-state index >= 15 is 0 Å². The zero-order valence-electron chi connectivity index (χ0n) is 17.7. The molecule has 7 nitrogen and oxygen atoms in total. The number of carbonyl (C=O) groups excluding carboxylic acids is 1. The van der Waals surface area contributed by atoms with Crippen molar-refractivity contribution in [2.75, 3.05) is 7.11 Å². The summed E-state index contributed by atoms with van der Waals surface area (Å²) < 4.78 is 11.3. The van der Waals surface area contributed by atoms with Crippen LogP contribution in [-0.4, -0.2) is 29.2 Å². The number of aromatic nitrogens is 2. The molecule has 0 bridgehead atoms. The predicted octanol–water partition coefficient (Wildman–Crippen LogP) is 4.23. The van der Waals surface area contributed by atoms with E-state index in [4.69, 9.17) is 9.47 Å². The third kappa shape index (κ3) is 5.51. The van der Waals surface area contributed by atoms with Gasteiger partial charge in [0.15, 0.2) is 11.5 Å². The molecule has 32 heavy (non-hydrogen) atoms. The van der Waals surface area contributed by atoms with E-state index in [0.717, 1.165) is 28.0 Å². The number of hydrogen-bond acceptors (Lipinski definition) is 5. The van der Waals surface area contributed by atoms with Gasteiger partial charge in [0, 0.05) is 12.8 Å². The quantitative estimate of drug-likeness (QED) is 0.308. The molecule has 1 aromatic heterocycles. The highest BCUT2D eigenvalue weighted by atomic mass is 16.5.